The van der Waals surface area contributed by atoms with Crippen LogP contribution < -0.4 is 5.56 Å². The summed E-state index contributed by atoms with van der Waals surface area (Å²) in [7, 11) is 1.34. The molecule has 5 nitrogen and oxygen atoms in total. The Morgan fingerprint density at radius 1 is 1.35 bits per heavy atom. The van der Waals surface area contributed by atoms with Crippen LogP contribution in [0.15, 0.2) is 41.5 Å². The molecule has 6 heteroatoms. The van der Waals surface area contributed by atoms with Crippen LogP contribution in [0.5, 0.6) is 0 Å². The van der Waals surface area contributed by atoms with E-state index in [2.05, 4.69) is 11.9 Å². The summed E-state index contributed by atoms with van der Waals surface area (Å²) in [5.74, 6) is 0.155. The Morgan fingerprint density at radius 2 is 2.12 bits per heavy atom. The maximum Gasteiger partial charge on any atom is 0.333 e. The number of hydrogen-bond acceptors (Lipinski definition) is 5. The highest BCUT2D eigenvalue weighted by Crippen LogP contribution is 2.35. The molecule has 1 aliphatic rings. The normalized spacial score (nSPS) is 17.7. The van der Waals surface area contributed by atoms with Crippen molar-refractivity contribution in [3.05, 3.63) is 63.0 Å². The number of carbonyl (C=O) groups is 1. The smallest absolute Gasteiger partial charge is 0.333 e. The zero-order chi connectivity index (χ0) is 18.3. The molecular formula is C20H20N2O3S. The Labute approximate surface area is 155 Å². The van der Waals surface area contributed by atoms with Crippen LogP contribution in [0.25, 0.3) is 10.2 Å². The van der Waals surface area contributed by atoms with Crippen molar-refractivity contribution in [3.63, 3.8) is 0 Å². The van der Waals surface area contributed by atoms with Gasteiger partial charge in [0, 0.05) is 4.88 Å². The molecule has 4 rings (SSSR count). The molecule has 2 atom stereocenters. The van der Waals surface area contributed by atoms with Gasteiger partial charge >= 0.3 is 5.97 Å². The van der Waals surface area contributed by atoms with Gasteiger partial charge in [0.25, 0.3) is 5.56 Å². The predicted octanol–water partition coefficient (Wildman–Crippen LogP) is 3.35. The van der Waals surface area contributed by atoms with Gasteiger partial charge in [0.2, 0.25) is 0 Å². The summed E-state index contributed by atoms with van der Waals surface area (Å²) in [4.78, 5) is 32.3. The van der Waals surface area contributed by atoms with Crippen molar-refractivity contribution in [3.8, 4) is 0 Å². The molecule has 0 amide bonds. The number of hydrogen-bond donors (Lipinski definition) is 0. The van der Waals surface area contributed by atoms with E-state index in [0.717, 1.165) is 29.7 Å². The van der Waals surface area contributed by atoms with Crippen molar-refractivity contribution in [2.45, 2.75) is 32.2 Å². The van der Waals surface area contributed by atoms with Gasteiger partial charge in [0.1, 0.15) is 11.2 Å². The highest BCUT2D eigenvalue weighted by Gasteiger charge is 2.28. The molecule has 1 aliphatic carbocycles. The maximum absolute atomic E-state index is 13.3. The maximum atomic E-state index is 13.3. The van der Waals surface area contributed by atoms with E-state index in [0.29, 0.717) is 16.9 Å². The Bertz CT molecular complexity index is 1020. The average Bonchev–Trinajstić information content (AvgIpc) is 3.02. The van der Waals surface area contributed by atoms with E-state index >= 15 is 0 Å². The Morgan fingerprint density at radius 3 is 2.85 bits per heavy atom. The molecule has 2 heterocycles. The van der Waals surface area contributed by atoms with Crippen LogP contribution in [0.2, 0.25) is 0 Å². The fourth-order valence-electron chi connectivity index (χ4n) is 3.69. The molecule has 0 saturated heterocycles. The number of nitrogens with zero attached hydrogens (tertiary/aromatic N) is 2. The van der Waals surface area contributed by atoms with Gasteiger partial charge in [0.05, 0.1) is 12.5 Å². The van der Waals surface area contributed by atoms with Gasteiger partial charge in [-0.05, 0) is 36.3 Å². The molecule has 2 unspecified atom stereocenters. The fraction of sp³-hybridized carbons (Fsp3) is 0.350. The first-order valence-corrected chi connectivity index (χ1v) is 9.56. The largest absolute Gasteiger partial charge is 0.467 e. The van der Waals surface area contributed by atoms with Crippen LogP contribution in [0, 0.1) is 5.92 Å². The molecule has 0 fully saturated rings. The fourth-order valence-corrected chi connectivity index (χ4v) is 5.03. The number of benzene rings is 1. The van der Waals surface area contributed by atoms with Crippen LogP contribution in [-0.2, 0) is 22.4 Å². The number of ether oxygens (including phenoxy) is 1. The number of methoxy groups -OCH3 is 1. The Hall–Kier alpha value is -2.47. The van der Waals surface area contributed by atoms with E-state index < -0.39 is 12.0 Å². The van der Waals surface area contributed by atoms with Gasteiger partial charge in [-0.2, -0.15) is 0 Å². The number of esters is 1. The third kappa shape index (κ3) is 2.74. The summed E-state index contributed by atoms with van der Waals surface area (Å²) < 4.78 is 6.38. The highest BCUT2D eigenvalue weighted by atomic mass is 32.1. The van der Waals surface area contributed by atoms with Crippen molar-refractivity contribution in [2.24, 2.45) is 5.92 Å². The summed E-state index contributed by atoms with van der Waals surface area (Å²) in [6.45, 7) is 2.24. The van der Waals surface area contributed by atoms with E-state index in [1.54, 1.807) is 11.3 Å². The van der Waals surface area contributed by atoms with E-state index in [4.69, 9.17) is 4.74 Å². The Kier molecular flexibility index (Phi) is 4.36. The SMILES string of the molecule is COC(=O)C(c1ccccc1)n1cnc2sc3c(c2c1=O)CCC(C)C3. The lowest BCUT2D eigenvalue weighted by Gasteiger charge is -2.19. The van der Waals surface area contributed by atoms with Gasteiger partial charge in [-0.3, -0.25) is 9.36 Å². The number of rotatable bonds is 3. The number of thiophene rings is 1. The predicted molar refractivity (Wildman–Crippen MR) is 102 cm³/mol. The van der Waals surface area contributed by atoms with E-state index in [-0.39, 0.29) is 5.56 Å². The van der Waals surface area contributed by atoms with Crippen LogP contribution >= 0.6 is 11.3 Å². The summed E-state index contributed by atoms with van der Waals surface area (Å²) in [6, 6.07) is 8.38. The van der Waals surface area contributed by atoms with Gasteiger partial charge in [-0.15, -0.1) is 11.3 Å². The third-order valence-electron chi connectivity index (χ3n) is 5.06. The molecule has 3 aromatic rings. The minimum Gasteiger partial charge on any atom is -0.467 e. The minimum atomic E-state index is -0.830. The second kappa shape index (κ2) is 6.68. The second-order valence-corrected chi connectivity index (χ2v) is 7.91. The molecule has 1 aromatic carbocycles. The number of aromatic nitrogens is 2. The average molecular weight is 368 g/mol. The lowest BCUT2D eigenvalue weighted by Crippen LogP contribution is -2.32. The van der Waals surface area contributed by atoms with Crippen LogP contribution in [-0.4, -0.2) is 22.6 Å². The van der Waals surface area contributed by atoms with E-state index in [1.165, 1.54) is 22.9 Å². The highest BCUT2D eigenvalue weighted by molar-refractivity contribution is 7.18. The molecule has 134 valence electrons. The standard InChI is InChI=1S/C20H20N2O3S/c1-12-8-9-14-15(10-12)26-18-16(14)19(23)22(11-21-18)17(20(24)25-2)13-6-4-3-5-7-13/h3-7,11-12,17H,8-10H2,1-2H3. The molecule has 0 bridgehead atoms. The van der Waals surface area contributed by atoms with Crippen LogP contribution in [0.4, 0.5) is 0 Å². The molecule has 0 saturated carbocycles. The number of carbonyl (C=O) groups excluding carboxylic acids is 1. The lowest BCUT2D eigenvalue weighted by molar-refractivity contribution is -0.143. The number of aryl methyl sites for hydroxylation is 1. The topological polar surface area (TPSA) is 61.2 Å². The Balaban J connectivity index is 1.92. The van der Waals surface area contributed by atoms with Crippen molar-refractivity contribution in [1.82, 2.24) is 9.55 Å². The van der Waals surface area contributed by atoms with Gasteiger partial charge < -0.3 is 4.74 Å². The van der Waals surface area contributed by atoms with Crippen molar-refractivity contribution < 1.29 is 9.53 Å². The van der Waals surface area contributed by atoms with Gasteiger partial charge in [-0.1, -0.05) is 37.3 Å². The molecular weight excluding hydrogens is 348 g/mol. The lowest BCUT2D eigenvalue weighted by atomic mass is 9.89. The van der Waals surface area contributed by atoms with Crippen LogP contribution in [0.1, 0.15) is 35.4 Å². The van der Waals surface area contributed by atoms with Crippen molar-refractivity contribution >= 4 is 27.5 Å². The molecule has 26 heavy (non-hydrogen) atoms. The first kappa shape index (κ1) is 17.0. The second-order valence-electron chi connectivity index (χ2n) is 6.83. The molecule has 2 aromatic heterocycles. The summed E-state index contributed by atoms with van der Waals surface area (Å²) >= 11 is 1.61. The monoisotopic (exact) mass is 368 g/mol. The zero-order valence-electron chi connectivity index (χ0n) is 14.8. The number of fused-ring (bicyclic) bond motifs is 3. The van der Waals surface area contributed by atoms with Crippen molar-refractivity contribution in [2.75, 3.05) is 7.11 Å². The first-order valence-electron chi connectivity index (χ1n) is 8.74. The van der Waals surface area contributed by atoms with Crippen molar-refractivity contribution in [1.29, 1.82) is 0 Å². The van der Waals surface area contributed by atoms with Gasteiger partial charge in [-0.25, -0.2) is 9.78 Å². The zero-order valence-corrected chi connectivity index (χ0v) is 15.6. The van der Waals surface area contributed by atoms with Crippen LogP contribution in [0.3, 0.4) is 0 Å². The first-order chi connectivity index (χ1) is 12.6. The summed E-state index contributed by atoms with van der Waals surface area (Å²) in [5.41, 5.74) is 1.66. The summed E-state index contributed by atoms with van der Waals surface area (Å²) in [5, 5.41) is 0.671. The summed E-state index contributed by atoms with van der Waals surface area (Å²) in [6.07, 6.45) is 4.44. The van der Waals surface area contributed by atoms with E-state index in [9.17, 15) is 9.59 Å². The van der Waals surface area contributed by atoms with E-state index in [1.807, 2.05) is 30.3 Å². The minimum absolute atomic E-state index is 0.165. The molecule has 0 radical (unpaired) electrons. The quantitative estimate of drug-likeness (QED) is 0.665. The molecule has 0 spiro atoms. The van der Waals surface area contributed by atoms with Gasteiger partial charge in [0.15, 0.2) is 6.04 Å². The third-order valence-corrected chi connectivity index (χ3v) is 6.22. The molecule has 0 N–H and O–H groups in total. The molecule has 0 aliphatic heterocycles.